The van der Waals surface area contributed by atoms with Gasteiger partial charge in [0.05, 0.1) is 5.39 Å². The van der Waals surface area contributed by atoms with Gasteiger partial charge in [0, 0.05) is 11.3 Å². The Balaban J connectivity index is 2.29. The van der Waals surface area contributed by atoms with Crippen LogP contribution in [-0.2, 0) is 0 Å². The maximum absolute atomic E-state index is 13.1. The highest BCUT2D eigenvalue weighted by atomic mass is 19.4. The molecule has 2 aromatic heterocycles. The molecule has 0 saturated carbocycles. The molecule has 23 heavy (non-hydrogen) atoms. The molecule has 1 unspecified atom stereocenters. The number of hydrogen-bond acceptors (Lipinski definition) is 5. The van der Waals surface area contributed by atoms with Crippen molar-refractivity contribution in [2.75, 3.05) is 11.5 Å². The summed E-state index contributed by atoms with van der Waals surface area (Å²) in [5.41, 5.74) is 12.9. The molecule has 120 valence electrons. The van der Waals surface area contributed by atoms with Crippen LogP contribution < -0.4 is 11.5 Å². The van der Waals surface area contributed by atoms with Gasteiger partial charge in [-0.3, -0.25) is 0 Å². The third-order valence-corrected chi connectivity index (χ3v) is 3.54. The minimum absolute atomic E-state index is 0.0363. The predicted octanol–water partition coefficient (Wildman–Crippen LogP) is 2.78. The van der Waals surface area contributed by atoms with Crippen LogP contribution in [0.2, 0.25) is 0 Å². The number of rotatable bonds is 2. The van der Waals surface area contributed by atoms with Crippen molar-refractivity contribution in [1.82, 2.24) is 19.7 Å². The molecule has 1 aromatic carbocycles. The lowest BCUT2D eigenvalue weighted by Crippen LogP contribution is -2.24. The SMILES string of the molecule is CC(n1nc(-c2ccc(N)cc2)c2c(N)ncnc21)C(F)(F)F. The van der Waals surface area contributed by atoms with E-state index in [4.69, 9.17) is 11.5 Å². The second-order valence-corrected chi connectivity index (χ2v) is 5.09. The first kappa shape index (κ1) is 15.1. The van der Waals surface area contributed by atoms with E-state index in [0.29, 0.717) is 11.3 Å². The van der Waals surface area contributed by atoms with E-state index < -0.39 is 12.2 Å². The molecular weight excluding hydrogens is 309 g/mol. The van der Waals surface area contributed by atoms with E-state index in [-0.39, 0.29) is 22.5 Å². The minimum Gasteiger partial charge on any atom is -0.399 e. The standard InChI is InChI=1S/C14H13F3N6/c1-7(14(15,16)17)23-13-10(12(19)20-6-21-13)11(22-23)8-2-4-9(18)5-3-8/h2-7H,18H2,1H3,(H2,19,20,21). The first-order valence-corrected chi connectivity index (χ1v) is 6.70. The van der Waals surface area contributed by atoms with Crippen LogP contribution in [0.4, 0.5) is 24.7 Å². The molecule has 2 heterocycles. The number of nitrogen functional groups attached to an aromatic ring is 2. The largest absolute Gasteiger partial charge is 0.410 e. The monoisotopic (exact) mass is 322 g/mol. The van der Waals surface area contributed by atoms with Gasteiger partial charge in [-0.25, -0.2) is 14.6 Å². The van der Waals surface area contributed by atoms with Crippen LogP contribution in [0.15, 0.2) is 30.6 Å². The third kappa shape index (κ3) is 2.54. The van der Waals surface area contributed by atoms with E-state index in [1.54, 1.807) is 24.3 Å². The van der Waals surface area contributed by atoms with Crippen molar-refractivity contribution in [1.29, 1.82) is 0 Å². The van der Waals surface area contributed by atoms with Gasteiger partial charge >= 0.3 is 6.18 Å². The number of fused-ring (bicyclic) bond motifs is 1. The second-order valence-electron chi connectivity index (χ2n) is 5.09. The molecule has 0 bridgehead atoms. The van der Waals surface area contributed by atoms with Crippen LogP contribution in [0, 0.1) is 0 Å². The lowest BCUT2D eigenvalue weighted by molar-refractivity contribution is -0.164. The van der Waals surface area contributed by atoms with Crippen molar-refractivity contribution < 1.29 is 13.2 Å². The molecule has 0 aliphatic heterocycles. The lowest BCUT2D eigenvalue weighted by Gasteiger charge is -2.16. The Labute approximate surface area is 128 Å². The number of nitrogens with zero attached hydrogens (tertiary/aromatic N) is 4. The molecule has 3 aromatic rings. The van der Waals surface area contributed by atoms with Crippen LogP contribution >= 0.6 is 0 Å². The Morgan fingerprint density at radius 1 is 1.09 bits per heavy atom. The van der Waals surface area contributed by atoms with Gasteiger partial charge < -0.3 is 11.5 Å². The minimum atomic E-state index is -4.46. The zero-order valence-electron chi connectivity index (χ0n) is 12.0. The lowest BCUT2D eigenvalue weighted by atomic mass is 10.1. The summed E-state index contributed by atoms with van der Waals surface area (Å²) in [5, 5.41) is 4.38. The number of anilines is 2. The maximum atomic E-state index is 13.1. The first-order chi connectivity index (χ1) is 10.8. The summed E-state index contributed by atoms with van der Waals surface area (Å²) in [4.78, 5) is 7.78. The summed E-state index contributed by atoms with van der Waals surface area (Å²) in [6.07, 6.45) is -3.34. The fraction of sp³-hybridized carbons (Fsp3) is 0.214. The molecule has 9 heteroatoms. The fourth-order valence-corrected chi connectivity index (χ4v) is 2.25. The average Bonchev–Trinajstić information content (AvgIpc) is 2.87. The fourth-order valence-electron chi connectivity index (χ4n) is 2.25. The van der Waals surface area contributed by atoms with Gasteiger partial charge in [0.2, 0.25) is 0 Å². The van der Waals surface area contributed by atoms with Crippen molar-refractivity contribution in [2.45, 2.75) is 19.1 Å². The van der Waals surface area contributed by atoms with Crippen LogP contribution in [0.25, 0.3) is 22.3 Å². The Morgan fingerprint density at radius 3 is 2.35 bits per heavy atom. The van der Waals surface area contributed by atoms with Crippen LogP contribution in [0.3, 0.4) is 0 Å². The van der Waals surface area contributed by atoms with Gasteiger partial charge in [0.1, 0.15) is 23.9 Å². The smallest absolute Gasteiger partial charge is 0.399 e. The van der Waals surface area contributed by atoms with E-state index in [1.807, 2.05) is 0 Å². The van der Waals surface area contributed by atoms with Crippen molar-refractivity contribution in [3.8, 4) is 11.3 Å². The molecule has 0 saturated heterocycles. The summed E-state index contributed by atoms with van der Waals surface area (Å²) in [6.45, 7) is 1.01. The summed E-state index contributed by atoms with van der Waals surface area (Å²) in [5.74, 6) is 0.0717. The van der Waals surface area contributed by atoms with E-state index in [9.17, 15) is 13.2 Å². The molecule has 0 amide bonds. The predicted molar refractivity (Wildman–Crippen MR) is 80.3 cm³/mol. The van der Waals surface area contributed by atoms with E-state index >= 15 is 0 Å². The third-order valence-electron chi connectivity index (χ3n) is 3.54. The molecule has 0 aliphatic carbocycles. The summed E-state index contributed by atoms with van der Waals surface area (Å²) in [6, 6.07) is 4.74. The quantitative estimate of drug-likeness (QED) is 0.707. The zero-order valence-corrected chi connectivity index (χ0v) is 12.0. The van der Waals surface area contributed by atoms with Gasteiger partial charge in [0.15, 0.2) is 5.65 Å². The molecule has 0 radical (unpaired) electrons. The molecule has 0 spiro atoms. The Bertz CT molecular complexity index is 853. The van der Waals surface area contributed by atoms with Gasteiger partial charge in [0.25, 0.3) is 0 Å². The first-order valence-electron chi connectivity index (χ1n) is 6.70. The highest BCUT2D eigenvalue weighted by molar-refractivity contribution is 5.98. The van der Waals surface area contributed by atoms with E-state index in [2.05, 4.69) is 15.1 Å². The molecular formula is C14H13F3N6. The van der Waals surface area contributed by atoms with Gasteiger partial charge in [-0.05, 0) is 19.1 Å². The normalized spacial score (nSPS) is 13.4. The van der Waals surface area contributed by atoms with Gasteiger partial charge in [-0.1, -0.05) is 12.1 Å². The molecule has 4 N–H and O–H groups in total. The van der Waals surface area contributed by atoms with Crippen LogP contribution in [0.5, 0.6) is 0 Å². The van der Waals surface area contributed by atoms with Crippen LogP contribution in [-0.4, -0.2) is 25.9 Å². The number of halogens is 3. The Morgan fingerprint density at radius 2 is 1.74 bits per heavy atom. The van der Waals surface area contributed by atoms with Gasteiger partial charge in [-0.15, -0.1) is 0 Å². The number of nitrogens with two attached hydrogens (primary N) is 2. The number of aromatic nitrogens is 4. The van der Waals surface area contributed by atoms with Gasteiger partial charge in [-0.2, -0.15) is 18.3 Å². The molecule has 0 aliphatic rings. The van der Waals surface area contributed by atoms with Crippen molar-refractivity contribution in [2.24, 2.45) is 0 Å². The highest BCUT2D eigenvalue weighted by Crippen LogP contribution is 2.36. The Hall–Kier alpha value is -2.84. The molecule has 3 rings (SSSR count). The van der Waals surface area contributed by atoms with E-state index in [1.165, 1.54) is 0 Å². The van der Waals surface area contributed by atoms with Crippen molar-refractivity contribution in [3.63, 3.8) is 0 Å². The summed E-state index contributed by atoms with van der Waals surface area (Å²) < 4.78 is 40.0. The number of benzene rings is 1. The summed E-state index contributed by atoms with van der Waals surface area (Å²) >= 11 is 0. The topological polar surface area (TPSA) is 95.6 Å². The second kappa shape index (κ2) is 5.11. The number of hydrogen-bond donors (Lipinski definition) is 2. The van der Waals surface area contributed by atoms with E-state index in [0.717, 1.165) is 17.9 Å². The van der Waals surface area contributed by atoms with Crippen molar-refractivity contribution in [3.05, 3.63) is 30.6 Å². The van der Waals surface area contributed by atoms with Crippen molar-refractivity contribution >= 4 is 22.5 Å². The van der Waals surface area contributed by atoms with Crippen LogP contribution in [0.1, 0.15) is 13.0 Å². The zero-order chi connectivity index (χ0) is 16.8. The highest BCUT2D eigenvalue weighted by Gasteiger charge is 2.39. The Kier molecular flexibility index (Phi) is 3.35. The average molecular weight is 322 g/mol. The molecule has 6 nitrogen and oxygen atoms in total. The summed E-state index contributed by atoms with van der Waals surface area (Å²) in [7, 11) is 0. The maximum Gasteiger partial charge on any atom is 0.410 e. The molecule has 1 atom stereocenters. The number of alkyl halides is 3. The molecule has 0 fully saturated rings.